The van der Waals surface area contributed by atoms with Crippen molar-refractivity contribution >= 4 is 11.9 Å². The van der Waals surface area contributed by atoms with Crippen molar-refractivity contribution in [2.45, 2.75) is 19.4 Å². The van der Waals surface area contributed by atoms with E-state index in [1.54, 1.807) is 7.05 Å². The van der Waals surface area contributed by atoms with E-state index in [0.29, 0.717) is 44.2 Å². The van der Waals surface area contributed by atoms with Crippen LogP contribution in [0.25, 0.3) is 0 Å². The number of nitriles is 1. The molecule has 0 bridgehead atoms. The molecule has 0 amide bonds. The third-order valence-electron chi connectivity index (χ3n) is 2.76. The molecule has 1 aliphatic heterocycles. The van der Waals surface area contributed by atoms with Gasteiger partial charge in [0.15, 0.2) is 6.10 Å². The first-order chi connectivity index (χ1) is 9.76. The van der Waals surface area contributed by atoms with Crippen LogP contribution in [0.15, 0.2) is 0 Å². The normalized spacial score (nSPS) is 18.4. The summed E-state index contributed by atoms with van der Waals surface area (Å²) in [5, 5.41) is 11.8. The van der Waals surface area contributed by atoms with Crippen LogP contribution in [0.3, 0.4) is 0 Å². The van der Waals surface area contributed by atoms with Crippen LogP contribution in [0.4, 0.5) is 11.9 Å². The molecule has 8 nitrogen and oxygen atoms in total. The van der Waals surface area contributed by atoms with E-state index >= 15 is 0 Å². The topological polar surface area (TPSA) is 96.2 Å². The summed E-state index contributed by atoms with van der Waals surface area (Å²) in [4.78, 5) is 14.6. The van der Waals surface area contributed by atoms with Crippen molar-refractivity contribution in [2.24, 2.45) is 0 Å². The summed E-state index contributed by atoms with van der Waals surface area (Å²) in [5.41, 5.74) is 0. The van der Waals surface area contributed by atoms with Crippen molar-refractivity contribution in [3.8, 4) is 12.1 Å². The molecule has 0 radical (unpaired) electrons. The minimum absolute atomic E-state index is 0.293. The highest BCUT2D eigenvalue weighted by molar-refractivity contribution is 5.39. The van der Waals surface area contributed by atoms with Gasteiger partial charge in [0, 0.05) is 13.6 Å². The Hall–Kier alpha value is -2.14. The quantitative estimate of drug-likeness (QED) is 0.828. The maximum atomic E-state index is 8.94. The third kappa shape index (κ3) is 3.45. The van der Waals surface area contributed by atoms with Crippen LogP contribution >= 0.6 is 0 Å². The van der Waals surface area contributed by atoms with E-state index in [9.17, 15) is 0 Å². The number of ether oxygens (including phenoxy) is 2. The van der Waals surface area contributed by atoms with Gasteiger partial charge in [-0.1, -0.05) is 6.92 Å². The Kier molecular flexibility index (Phi) is 4.90. The van der Waals surface area contributed by atoms with Gasteiger partial charge in [0.25, 0.3) is 0 Å². The Balaban J connectivity index is 2.19. The largest absolute Gasteiger partial charge is 0.463 e. The molecule has 20 heavy (non-hydrogen) atoms. The summed E-state index contributed by atoms with van der Waals surface area (Å²) >= 11 is 0. The van der Waals surface area contributed by atoms with Gasteiger partial charge in [0.05, 0.1) is 25.8 Å². The summed E-state index contributed by atoms with van der Waals surface area (Å²) in [6, 6.07) is 2.39. The molecular weight excluding hydrogens is 260 g/mol. The van der Waals surface area contributed by atoms with E-state index in [4.69, 9.17) is 14.7 Å². The molecule has 0 aliphatic carbocycles. The van der Waals surface area contributed by atoms with Crippen molar-refractivity contribution in [3.63, 3.8) is 0 Å². The van der Waals surface area contributed by atoms with E-state index in [0.717, 1.165) is 6.42 Å². The minimum atomic E-state index is -0.460. The zero-order valence-corrected chi connectivity index (χ0v) is 11.7. The highest BCUT2D eigenvalue weighted by Crippen LogP contribution is 2.17. The molecule has 1 N–H and O–H groups in total. The number of morpholine rings is 1. The Morgan fingerprint density at radius 1 is 1.50 bits per heavy atom. The van der Waals surface area contributed by atoms with E-state index in [-0.39, 0.29) is 0 Å². The molecule has 108 valence electrons. The Labute approximate surface area is 117 Å². The van der Waals surface area contributed by atoms with Crippen LogP contribution in [-0.4, -0.2) is 54.4 Å². The van der Waals surface area contributed by atoms with Crippen LogP contribution in [-0.2, 0) is 4.74 Å². The van der Waals surface area contributed by atoms with Crippen molar-refractivity contribution in [2.75, 3.05) is 43.6 Å². The maximum Gasteiger partial charge on any atom is 0.323 e. The van der Waals surface area contributed by atoms with Gasteiger partial charge in [-0.3, -0.25) is 0 Å². The summed E-state index contributed by atoms with van der Waals surface area (Å²) < 4.78 is 10.8. The van der Waals surface area contributed by atoms with Crippen LogP contribution in [0.1, 0.15) is 13.3 Å². The first-order valence-electron chi connectivity index (χ1n) is 6.59. The second-order valence-corrected chi connectivity index (χ2v) is 4.27. The molecule has 1 aliphatic rings. The third-order valence-corrected chi connectivity index (χ3v) is 2.76. The van der Waals surface area contributed by atoms with Crippen molar-refractivity contribution in [1.82, 2.24) is 15.0 Å². The van der Waals surface area contributed by atoms with Crippen molar-refractivity contribution < 1.29 is 9.47 Å². The summed E-state index contributed by atoms with van der Waals surface area (Å²) in [5.74, 6) is 0.945. The van der Waals surface area contributed by atoms with E-state index in [1.807, 2.05) is 11.8 Å². The predicted octanol–water partition coefficient (Wildman–Crippen LogP) is 0.431. The molecular formula is C12H18N6O2. The molecule has 1 atom stereocenters. The fourth-order valence-corrected chi connectivity index (χ4v) is 1.77. The number of nitrogens with one attached hydrogen (secondary N) is 1. The lowest BCUT2D eigenvalue weighted by molar-refractivity contribution is 0.0757. The maximum absolute atomic E-state index is 8.94. The Morgan fingerprint density at radius 3 is 3.05 bits per heavy atom. The highest BCUT2D eigenvalue weighted by atomic mass is 16.5. The monoisotopic (exact) mass is 278 g/mol. The summed E-state index contributed by atoms with van der Waals surface area (Å²) in [6.07, 6.45) is 0.419. The summed E-state index contributed by atoms with van der Waals surface area (Å²) in [7, 11) is 1.74. The average molecular weight is 278 g/mol. The molecule has 1 saturated heterocycles. The molecule has 1 unspecified atom stereocenters. The molecule has 8 heteroatoms. The lowest BCUT2D eigenvalue weighted by Gasteiger charge is -2.29. The number of nitrogens with zero attached hydrogens (tertiary/aromatic N) is 5. The average Bonchev–Trinajstić information content (AvgIpc) is 2.52. The van der Waals surface area contributed by atoms with Gasteiger partial charge in [-0.2, -0.15) is 20.2 Å². The number of anilines is 2. The molecule has 1 aromatic heterocycles. The smallest absolute Gasteiger partial charge is 0.323 e. The summed E-state index contributed by atoms with van der Waals surface area (Å²) in [6.45, 7) is 4.12. The van der Waals surface area contributed by atoms with Gasteiger partial charge < -0.3 is 19.7 Å². The molecule has 0 spiro atoms. The standard InChI is InChI=1S/C12H18N6O2/c1-3-5-20-12-16-10(14-2)15-11(17-12)18-4-6-19-9(7-13)8-18/h9H,3-6,8H2,1-2H3,(H,14,15,16,17). The Morgan fingerprint density at radius 2 is 2.35 bits per heavy atom. The fraction of sp³-hybridized carbons (Fsp3) is 0.667. The molecule has 2 rings (SSSR count). The van der Waals surface area contributed by atoms with E-state index in [1.165, 1.54) is 0 Å². The van der Waals surface area contributed by atoms with Crippen LogP contribution < -0.4 is 15.0 Å². The van der Waals surface area contributed by atoms with Crippen molar-refractivity contribution in [3.05, 3.63) is 0 Å². The second kappa shape index (κ2) is 6.86. The molecule has 0 aromatic carbocycles. The lowest BCUT2D eigenvalue weighted by atomic mass is 10.3. The SMILES string of the molecule is CCCOc1nc(NC)nc(N2CCOC(C#N)C2)n1. The first kappa shape index (κ1) is 14.3. The first-order valence-corrected chi connectivity index (χ1v) is 6.59. The van der Waals surface area contributed by atoms with Gasteiger partial charge in [0.1, 0.15) is 0 Å². The number of rotatable bonds is 5. The highest BCUT2D eigenvalue weighted by Gasteiger charge is 2.23. The van der Waals surface area contributed by atoms with Gasteiger partial charge in [-0.15, -0.1) is 0 Å². The lowest BCUT2D eigenvalue weighted by Crippen LogP contribution is -2.42. The number of hydrogen-bond acceptors (Lipinski definition) is 8. The van der Waals surface area contributed by atoms with Gasteiger partial charge in [0.2, 0.25) is 11.9 Å². The van der Waals surface area contributed by atoms with Crippen LogP contribution in [0.2, 0.25) is 0 Å². The predicted molar refractivity (Wildman–Crippen MR) is 72.7 cm³/mol. The van der Waals surface area contributed by atoms with Gasteiger partial charge in [-0.05, 0) is 6.42 Å². The van der Waals surface area contributed by atoms with Gasteiger partial charge >= 0.3 is 6.01 Å². The number of aromatic nitrogens is 3. The second-order valence-electron chi connectivity index (χ2n) is 4.27. The van der Waals surface area contributed by atoms with Gasteiger partial charge in [-0.25, -0.2) is 0 Å². The molecule has 0 saturated carbocycles. The van der Waals surface area contributed by atoms with Crippen LogP contribution in [0, 0.1) is 11.3 Å². The minimum Gasteiger partial charge on any atom is -0.463 e. The molecule has 1 fully saturated rings. The van der Waals surface area contributed by atoms with E-state index < -0.39 is 6.10 Å². The van der Waals surface area contributed by atoms with Crippen LogP contribution in [0.5, 0.6) is 6.01 Å². The van der Waals surface area contributed by atoms with Crippen molar-refractivity contribution in [1.29, 1.82) is 5.26 Å². The zero-order chi connectivity index (χ0) is 14.4. The Bertz CT molecular complexity index is 489. The van der Waals surface area contributed by atoms with E-state index in [2.05, 4.69) is 26.3 Å². The molecule has 1 aromatic rings. The number of hydrogen-bond donors (Lipinski definition) is 1. The fourth-order valence-electron chi connectivity index (χ4n) is 1.77. The molecule has 2 heterocycles. The zero-order valence-electron chi connectivity index (χ0n) is 11.7.